The summed E-state index contributed by atoms with van der Waals surface area (Å²) in [5.41, 5.74) is 0.0691. The average molecular weight is 293 g/mol. The SMILES string of the molecule is C=C(c1ccc(C(F)(F)F)cc1)c1ccccc1[N+](=O)[O-]. The fraction of sp³-hybridized carbons (Fsp3) is 0.0667. The Labute approximate surface area is 118 Å². The lowest BCUT2D eigenvalue weighted by Gasteiger charge is -2.10. The molecule has 0 aliphatic rings. The van der Waals surface area contributed by atoms with Crippen LogP contribution in [0.4, 0.5) is 18.9 Å². The third kappa shape index (κ3) is 3.10. The molecule has 0 aliphatic heterocycles. The van der Waals surface area contributed by atoms with Crippen molar-refractivity contribution in [1.29, 1.82) is 0 Å². The molecule has 0 radical (unpaired) electrons. The van der Waals surface area contributed by atoms with Gasteiger partial charge in [-0.1, -0.05) is 30.8 Å². The van der Waals surface area contributed by atoms with Crippen molar-refractivity contribution in [2.24, 2.45) is 0 Å². The summed E-state index contributed by atoms with van der Waals surface area (Å²) >= 11 is 0. The maximum atomic E-state index is 12.5. The van der Waals surface area contributed by atoms with Gasteiger partial charge in [-0.05, 0) is 29.3 Å². The molecular formula is C15H10F3NO2. The molecule has 21 heavy (non-hydrogen) atoms. The lowest BCUT2D eigenvalue weighted by atomic mass is 9.97. The van der Waals surface area contributed by atoms with Gasteiger partial charge in [-0.3, -0.25) is 10.1 Å². The molecule has 0 saturated heterocycles. The van der Waals surface area contributed by atoms with E-state index >= 15 is 0 Å². The molecule has 0 atom stereocenters. The Morgan fingerprint density at radius 3 is 2.14 bits per heavy atom. The summed E-state index contributed by atoms with van der Waals surface area (Å²) in [5, 5.41) is 11.0. The highest BCUT2D eigenvalue weighted by Gasteiger charge is 2.30. The highest BCUT2D eigenvalue weighted by molar-refractivity contribution is 5.82. The van der Waals surface area contributed by atoms with Crippen LogP contribution in [0.5, 0.6) is 0 Å². The van der Waals surface area contributed by atoms with E-state index in [9.17, 15) is 23.3 Å². The smallest absolute Gasteiger partial charge is 0.258 e. The molecule has 0 bridgehead atoms. The van der Waals surface area contributed by atoms with Crippen molar-refractivity contribution in [3.63, 3.8) is 0 Å². The summed E-state index contributed by atoms with van der Waals surface area (Å²) in [5.74, 6) is 0. The molecule has 2 aromatic rings. The maximum absolute atomic E-state index is 12.5. The van der Waals surface area contributed by atoms with E-state index < -0.39 is 16.7 Å². The van der Waals surface area contributed by atoms with Crippen molar-refractivity contribution in [1.82, 2.24) is 0 Å². The van der Waals surface area contributed by atoms with Gasteiger partial charge >= 0.3 is 6.18 Å². The summed E-state index contributed by atoms with van der Waals surface area (Å²) < 4.78 is 37.5. The van der Waals surface area contributed by atoms with Gasteiger partial charge in [-0.25, -0.2) is 0 Å². The van der Waals surface area contributed by atoms with Gasteiger partial charge in [0.1, 0.15) is 0 Å². The molecule has 0 heterocycles. The van der Waals surface area contributed by atoms with Crippen LogP contribution in [0.25, 0.3) is 5.57 Å². The summed E-state index contributed by atoms with van der Waals surface area (Å²) in [4.78, 5) is 10.4. The van der Waals surface area contributed by atoms with Crippen molar-refractivity contribution >= 4 is 11.3 Å². The molecule has 2 aromatic carbocycles. The highest BCUT2D eigenvalue weighted by Crippen LogP contribution is 2.33. The summed E-state index contributed by atoms with van der Waals surface area (Å²) in [6, 6.07) is 10.3. The number of nitrogens with zero attached hydrogens (tertiary/aromatic N) is 1. The van der Waals surface area contributed by atoms with Crippen molar-refractivity contribution in [2.75, 3.05) is 0 Å². The van der Waals surface area contributed by atoms with Gasteiger partial charge in [-0.2, -0.15) is 13.2 Å². The van der Waals surface area contributed by atoms with E-state index in [0.29, 0.717) is 11.1 Å². The Morgan fingerprint density at radius 1 is 1.05 bits per heavy atom. The Bertz CT molecular complexity index is 691. The molecule has 0 amide bonds. The van der Waals surface area contributed by atoms with Gasteiger partial charge in [0, 0.05) is 6.07 Å². The van der Waals surface area contributed by atoms with Crippen LogP contribution in [-0.4, -0.2) is 4.92 Å². The summed E-state index contributed by atoms with van der Waals surface area (Å²) in [7, 11) is 0. The van der Waals surface area contributed by atoms with Crippen LogP contribution in [-0.2, 0) is 6.18 Å². The van der Waals surface area contributed by atoms with Crippen molar-refractivity contribution < 1.29 is 18.1 Å². The molecule has 6 heteroatoms. The van der Waals surface area contributed by atoms with Crippen LogP contribution in [0.15, 0.2) is 55.1 Å². The van der Waals surface area contributed by atoms with E-state index in [1.807, 2.05) is 0 Å². The topological polar surface area (TPSA) is 43.1 Å². The molecule has 0 saturated carbocycles. The largest absolute Gasteiger partial charge is 0.416 e. The molecule has 0 aliphatic carbocycles. The molecule has 3 nitrogen and oxygen atoms in total. The fourth-order valence-corrected chi connectivity index (χ4v) is 1.90. The minimum absolute atomic E-state index is 0.137. The fourth-order valence-electron chi connectivity index (χ4n) is 1.90. The first-order valence-electron chi connectivity index (χ1n) is 5.91. The van der Waals surface area contributed by atoms with Gasteiger partial charge in [0.2, 0.25) is 0 Å². The number of nitro groups is 1. The first-order chi connectivity index (χ1) is 9.80. The number of benzene rings is 2. The molecule has 0 fully saturated rings. The zero-order chi connectivity index (χ0) is 15.6. The molecule has 0 spiro atoms. The molecular weight excluding hydrogens is 283 g/mol. The second kappa shape index (κ2) is 5.40. The van der Waals surface area contributed by atoms with Crippen LogP contribution >= 0.6 is 0 Å². The normalized spacial score (nSPS) is 11.2. The standard InChI is InChI=1S/C15H10F3NO2/c1-10(13-4-2-3-5-14(13)19(20)21)11-6-8-12(9-7-11)15(16,17)18/h2-9H,1H2. The first kappa shape index (κ1) is 14.8. The Balaban J connectivity index is 2.40. The Hall–Kier alpha value is -2.63. The number of halogens is 3. The van der Waals surface area contributed by atoms with Gasteiger partial charge in [-0.15, -0.1) is 0 Å². The third-order valence-electron chi connectivity index (χ3n) is 2.99. The monoisotopic (exact) mass is 293 g/mol. The second-order valence-electron chi connectivity index (χ2n) is 4.33. The maximum Gasteiger partial charge on any atom is 0.416 e. The van der Waals surface area contributed by atoms with E-state index in [1.54, 1.807) is 6.07 Å². The zero-order valence-electron chi connectivity index (χ0n) is 10.7. The van der Waals surface area contributed by atoms with Gasteiger partial charge in [0.25, 0.3) is 5.69 Å². The van der Waals surface area contributed by atoms with Crippen molar-refractivity contribution in [3.05, 3.63) is 81.9 Å². The predicted molar refractivity (Wildman–Crippen MR) is 72.7 cm³/mol. The quantitative estimate of drug-likeness (QED) is 0.609. The molecule has 108 valence electrons. The van der Waals surface area contributed by atoms with Crippen LogP contribution in [0, 0.1) is 10.1 Å². The molecule has 0 aromatic heterocycles. The number of para-hydroxylation sites is 1. The lowest BCUT2D eigenvalue weighted by molar-refractivity contribution is -0.385. The van der Waals surface area contributed by atoms with Gasteiger partial charge in [0.05, 0.1) is 16.1 Å². The number of hydrogen-bond donors (Lipinski definition) is 0. The van der Waals surface area contributed by atoms with E-state index in [-0.39, 0.29) is 11.3 Å². The highest BCUT2D eigenvalue weighted by atomic mass is 19.4. The van der Waals surface area contributed by atoms with Crippen molar-refractivity contribution in [2.45, 2.75) is 6.18 Å². The van der Waals surface area contributed by atoms with Crippen molar-refractivity contribution in [3.8, 4) is 0 Å². The third-order valence-corrected chi connectivity index (χ3v) is 2.99. The summed E-state index contributed by atoms with van der Waals surface area (Å²) in [6.45, 7) is 3.74. The van der Waals surface area contributed by atoms with E-state index in [0.717, 1.165) is 12.1 Å². The minimum Gasteiger partial charge on any atom is -0.258 e. The van der Waals surface area contributed by atoms with Crippen LogP contribution in [0.3, 0.4) is 0 Å². The second-order valence-corrected chi connectivity index (χ2v) is 4.33. The minimum atomic E-state index is -4.42. The summed E-state index contributed by atoms with van der Waals surface area (Å²) in [6.07, 6.45) is -4.42. The molecule has 2 rings (SSSR count). The average Bonchev–Trinajstić information content (AvgIpc) is 2.45. The number of alkyl halides is 3. The number of nitro benzene ring substituents is 1. The predicted octanol–water partition coefficient (Wildman–Crippen LogP) is 4.68. The van der Waals surface area contributed by atoms with Crippen LogP contribution in [0.1, 0.15) is 16.7 Å². The lowest BCUT2D eigenvalue weighted by Crippen LogP contribution is -2.04. The van der Waals surface area contributed by atoms with Crippen LogP contribution < -0.4 is 0 Å². The molecule has 0 unspecified atom stereocenters. The Morgan fingerprint density at radius 2 is 1.62 bits per heavy atom. The number of hydrogen-bond acceptors (Lipinski definition) is 2. The van der Waals surface area contributed by atoms with Gasteiger partial charge < -0.3 is 0 Å². The van der Waals surface area contributed by atoms with E-state index in [2.05, 4.69) is 6.58 Å². The van der Waals surface area contributed by atoms with E-state index in [1.165, 1.54) is 30.3 Å². The van der Waals surface area contributed by atoms with Crippen LogP contribution in [0.2, 0.25) is 0 Å². The van der Waals surface area contributed by atoms with E-state index in [4.69, 9.17) is 0 Å². The first-order valence-corrected chi connectivity index (χ1v) is 5.91. The Kier molecular flexibility index (Phi) is 3.80. The molecule has 0 N–H and O–H groups in total. The zero-order valence-corrected chi connectivity index (χ0v) is 10.7. The van der Waals surface area contributed by atoms with Gasteiger partial charge in [0.15, 0.2) is 0 Å². The number of rotatable bonds is 3.